The van der Waals surface area contributed by atoms with Crippen LogP contribution in [0.25, 0.3) is 0 Å². The monoisotopic (exact) mass is 325 g/mol. The Morgan fingerprint density at radius 1 is 1.50 bits per heavy atom. The van der Waals surface area contributed by atoms with Gasteiger partial charge in [-0.2, -0.15) is 5.10 Å². The van der Waals surface area contributed by atoms with Gasteiger partial charge in [-0.3, -0.25) is 0 Å². The molecule has 0 aromatic heterocycles. The Hall–Kier alpha value is -1.77. The van der Waals surface area contributed by atoms with Crippen molar-refractivity contribution in [3.8, 4) is 5.75 Å². The molecule has 1 rings (SSSR count). The highest BCUT2D eigenvalue weighted by Gasteiger charge is 2.32. The molecule has 0 radical (unpaired) electrons. The highest BCUT2D eigenvalue weighted by molar-refractivity contribution is 9.10. The molecular weight excluding hydrogens is 319 g/mol. The first-order valence-corrected chi connectivity index (χ1v) is 5.21. The van der Waals surface area contributed by atoms with E-state index in [4.69, 9.17) is 5.73 Å². The molecular formula is C9H7BrF3N3O2. The largest absolute Gasteiger partial charge is 0.573 e. The maximum atomic E-state index is 12.1. The number of benzene rings is 1. The van der Waals surface area contributed by atoms with Crippen LogP contribution in [0.15, 0.2) is 27.8 Å². The van der Waals surface area contributed by atoms with Crippen molar-refractivity contribution < 1.29 is 22.7 Å². The van der Waals surface area contributed by atoms with Gasteiger partial charge in [-0.1, -0.05) is 12.1 Å². The maximum absolute atomic E-state index is 12.1. The molecule has 1 aromatic carbocycles. The summed E-state index contributed by atoms with van der Waals surface area (Å²) in [5.74, 6) is -0.412. The molecule has 98 valence electrons. The zero-order valence-electron chi connectivity index (χ0n) is 8.66. The third-order valence-electron chi connectivity index (χ3n) is 1.60. The summed E-state index contributed by atoms with van der Waals surface area (Å²) in [5.41, 5.74) is 6.96. The summed E-state index contributed by atoms with van der Waals surface area (Å²) in [7, 11) is 0. The van der Waals surface area contributed by atoms with E-state index in [1.54, 1.807) is 0 Å². The van der Waals surface area contributed by atoms with E-state index in [0.29, 0.717) is 0 Å². The Balaban J connectivity index is 2.91. The standard InChI is InChI=1S/C9H7BrF3N3O2/c10-7-5(4-15-16-8(14)17)2-1-3-6(7)18-9(11,12)13/h1-4H,(H3,14,16,17). The topological polar surface area (TPSA) is 76.7 Å². The number of nitrogens with zero attached hydrogens (tertiary/aromatic N) is 1. The van der Waals surface area contributed by atoms with E-state index in [9.17, 15) is 18.0 Å². The molecule has 0 fully saturated rings. The van der Waals surface area contributed by atoms with Crippen molar-refractivity contribution in [3.63, 3.8) is 0 Å². The molecule has 0 aliphatic heterocycles. The number of hydrogen-bond donors (Lipinski definition) is 2. The summed E-state index contributed by atoms with van der Waals surface area (Å²) in [5, 5.41) is 3.42. The van der Waals surface area contributed by atoms with Crippen molar-refractivity contribution >= 4 is 28.2 Å². The number of hydrogen-bond acceptors (Lipinski definition) is 3. The lowest BCUT2D eigenvalue weighted by atomic mass is 10.2. The zero-order valence-corrected chi connectivity index (χ0v) is 10.2. The molecule has 0 heterocycles. The van der Waals surface area contributed by atoms with Crippen LogP contribution in [0.3, 0.4) is 0 Å². The van der Waals surface area contributed by atoms with E-state index in [-0.39, 0.29) is 10.0 Å². The molecule has 0 aliphatic carbocycles. The van der Waals surface area contributed by atoms with Gasteiger partial charge in [-0.05, 0) is 22.0 Å². The van der Waals surface area contributed by atoms with E-state index >= 15 is 0 Å². The minimum absolute atomic E-state index is 0.0531. The summed E-state index contributed by atoms with van der Waals surface area (Å²) < 4.78 is 40.0. The fraction of sp³-hybridized carbons (Fsp3) is 0.111. The average Bonchev–Trinajstić information content (AvgIpc) is 2.21. The van der Waals surface area contributed by atoms with Crippen LogP contribution in [0, 0.1) is 0 Å². The van der Waals surface area contributed by atoms with Gasteiger partial charge in [-0.15, -0.1) is 13.2 Å². The lowest BCUT2D eigenvalue weighted by molar-refractivity contribution is -0.274. The Bertz CT molecular complexity index is 477. The fourth-order valence-corrected chi connectivity index (χ4v) is 1.44. The first-order valence-electron chi connectivity index (χ1n) is 4.42. The van der Waals surface area contributed by atoms with Crippen molar-refractivity contribution in [2.75, 3.05) is 0 Å². The van der Waals surface area contributed by atoms with Crippen LogP contribution in [-0.4, -0.2) is 18.6 Å². The minimum atomic E-state index is -4.79. The quantitative estimate of drug-likeness (QED) is 0.661. The van der Waals surface area contributed by atoms with Gasteiger partial charge in [0.1, 0.15) is 5.75 Å². The lowest BCUT2D eigenvalue weighted by Gasteiger charge is -2.11. The molecule has 0 aliphatic rings. The summed E-state index contributed by atoms with van der Waals surface area (Å²) in [4.78, 5) is 10.3. The normalized spacial score (nSPS) is 11.6. The molecule has 3 N–H and O–H groups in total. The van der Waals surface area contributed by atoms with Gasteiger partial charge in [0, 0.05) is 5.56 Å². The van der Waals surface area contributed by atoms with Crippen LogP contribution >= 0.6 is 15.9 Å². The summed E-state index contributed by atoms with van der Waals surface area (Å²) in [6.45, 7) is 0. The SMILES string of the molecule is NC(=O)NN=Cc1cccc(OC(F)(F)F)c1Br. The zero-order chi connectivity index (χ0) is 13.8. The van der Waals surface area contributed by atoms with Crippen LogP contribution in [0.4, 0.5) is 18.0 Å². The summed E-state index contributed by atoms with van der Waals surface area (Å²) in [6.07, 6.45) is -3.66. The van der Waals surface area contributed by atoms with E-state index < -0.39 is 18.1 Å². The molecule has 0 unspecified atom stereocenters. The van der Waals surface area contributed by atoms with Gasteiger partial charge >= 0.3 is 12.4 Å². The van der Waals surface area contributed by atoms with Gasteiger partial charge in [-0.25, -0.2) is 10.2 Å². The molecule has 0 atom stereocenters. The number of primary amides is 1. The van der Waals surface area contributed by atoms with Crippen molar-refractivity contribution in [2.24, 2.45) is 10.8 Å². The summed E-state index contributed by atoms with van der Waals surface area (Å²) in [6, 6.07) is 3.07. The minimum Gasteiger partial charge on any atom is -0.405 e. The third kappa shape index (κ3) is 4.62. The van der Waals surface area contributed by atoms with E-state index in [2.05, 4.69) is 25.8 Å². The van der Waals surface area contributed by atoms with Crippen molar-refractivity contribution in [1.29, 1.82) is 0 Å². The van der Waals surface area contributed by atoms with Crippen molar-refractivity contribution in [3.05, 3.63) is 28.2 Å². The first kappa shape index (κ1) is 14.3. The number of urea groups is 1. The van der Waals surface area contributed by atoms with E-state index in [1.807, 2.05) is 5.43 Å². The predicted octanol–water partition coefficient (Wildman–Crippen LogP) is 2.35. The number of carbonyl (C=O) groups excluding carboxylic acids is 1. The van der Waals surface area contributed by atoms with Crippen LogP contribution in [0.5, 0.6) is 5.75 Å². The second kappa shape index (κ2) is 5.71. The second-order valence-corrected chi connectivity index (χ2v) is 3.73. The number of nitrogens with one attached hydrogen (secondary N) is 1. The molecule has 18 heavy (non-hydrogen) atoms. The number of alkyl halides is 3. The number of hydrazone groups is 1. The van der Waals surface area contributed by atoms with Crippen molar-refractivity contribution in [2.45, 2.75) is 6.36 Å². The molecule has 0 saturated carbocycles. The molecule has 2 amide bonds. The molecule has 0 bridgehead atoms. The van der Waals surface area contributed by atoms with Gasteiger partial charge in [0.2, 0.25) is 0 Å². The second-order valence-electron chi connectivity index (χ2n) is 2.94. The van der Waals surface area contributed by atoms with Gasteiger partial charge in [0.05, 0.1) is 10.7 Å². The maximum Gasteiger partial charge on any atom is 0.573 e. The fourth-order valence-electron chi connectivity index (χ4n) is 0.996. The molecule has 0 spiro atoms. The molecule has 5 nitrogen and oxygen atoms in total. The summed E-state index contributed by atoms with van der Waals surface area (Å²) >= 11 is 2.94. The highest BCUT2D eigenvalue weighted by atomic mass is 79.9. The predicted molar refractivity (Wildman–Crippen MR) is 61.1 cm³/mol. The van der Waals surface area contributed by atoms with Crippen LogP contribution in [0.2, 0.25) is 0 Å². The van der Waals surface area contributed by atoms with Crippen LogP contribution < -0.4 is 15.9 Å². The smallest absolute Gasteiger partial charge is 0.405 e. The number of rotatable bonds is 3. The van der Waals surface area contributed by atoms with Crippen LogP contribution in [-0.2, 0) is 0 Å². The average molecular weight is 326 g/mol. The highest BCUT2D eigenvalue weighted by Crippen LogP contribution is 2.32. The number of ether oxygens (including phenoxy) is 1. The first-order chi connectivity index (χ1) is 8.29. The van der Waals surface area contributed by atoms with Crippen LogP contribution in [0.1, 0.15) is 5.56 Å². The number of carbonyl (C=O) groups is 1. The molecule has 9 heteroatoms. The lowest BCUT2D eigenvalue weighted by Crippen LogP contribution is -2.24. The van der Waals surface area contributed by atoms with E-state index in [1.165, 1.54) is 12.1 Å². The van der Waals surface area contributed by atoms with E-state index in [0.717, 1.165) is 12.3 Å². The Kier molecular flexibility index (Phi) is 4.54. The van der Waals surface area contributed by atoms with Crippen molar-refractivity contribution in [1.82, 2.24) is 5.43 Å². The Morgan fingerprint density at radius 2 is 2.17 bits per heavy atom. The van der Waals surface area contributed by atoms with Gasteiger partial charge in [0.25, 0.3) is 0 Å². The number of amides is 2. The number of halogens is 4. The molecule has 1 aromatic rings. The Labute approximate surface area is 108 Å². The number of nitrogens with two attached hydrogens (primary N) is 1. The van der Waals surface area contributed by atoms with Gasteiger partial charge < -0.3 is 10.5 Å². The van der Waals surface area contributed by atoms with Gasteiger partial charge in [0.15, 0.2) is 0 Å². The third-order valence-corrected chi connectivity index (χ3v) is 2.45. The Morgan fingerprint density at radius 3 is 2.72 bits per heavy atom. The molecule has 0 saturated heterocycles.